The van der Waals surface area contributed by atoms with Crippen LogP contribution in [0.2, 0.25) is 0 Å². The van der Waals surface area contributed by atoms with Crippen LogP contribution in [0.15, 0.2) is 71.8 Å². The molecule has 0 unspecified atom stereocenters. The first kappa shape index (κ1) is 70.6. The third-order valence-corrected chi connectivity index (χ3v) is 18.1. The van der Waals surface area contributed by atoms with Crippen LogP contribution in [0, 0.1) is 22.7 Å². The number of benzene rings is 2. The van der Waals surface area contributed by atoms with Gasteiger partial charge in [0, 0.05) is 30.1 Å². The van der Waals surface area contributed by atoms with Crippen molar-refractivity contribution in [2.75, 3.05) is 27.4 Å². The Bertz CT molecular complexity index is 2710. The SMILES string of the molecule is C.CC1(C(=O)O)CCC(O)CC1.COc1ccc(C[C@H](CC(=O)[C@@H](C)N)C(=O)N[C@@H](CC2=CCCC2)C(=O)[C@@]2(C)CO2)cc1.COc1ccc(C[C@H](CC(=O)[C@@H](C)NC(=O)C2(C)CCC(O)CC2)C(=O)N[C@@H](CC2=CCCC2)C(=O)[C@@]2(C)CO2)cc1. The van der Waals surface area contributed by atoms with Crippen LogP contribution in [-0.4, -0.2) is 137 Å². The van der Waals surface area contributed by atoms with Gasteiger partial charge in [0.1, 0.15) is 28.5 Å². The summed E-state index contributed by atoms with van der Waals surface area (Å²) in [4.78, 5) is 103. The maximum atomic E-state index is 13.8. The number of aliphatic hydroxyl groups is 2. The first-order valence-corrected chi connectivity index (χ1v) is 30.5. The molecule has 6 aliphatic rings. The van der Waals surface area contributed by atoms with E-state index in [0.29, 0.717) is 89.6 Å². The highest BCUT2D eigenvalue weighted by Gasteiger charge is 2.52. The maximum Gasteiger partial charge on any atom is 0.309 e. The predicted octanol–water partition coefficient (Wildman–Crippen LogP) is 7.75. The Hall–Kier alpha value is -6.12. The van der Waals surface area contributed by atoms with E-state index >= 15 is 0 Å². The Morgan fingerprint density at radius 3 is 1.29 bits per heavy atom. The van der Waals surface area contributed by atoms with Gasteiger partial charge in [-0.05, 0) is 186 Å². The number of methoxy groups -OCH3 is 2. The minimum absolute atomic E-state index is 0. The molecule has 19 nitrogen and oxygen atoms in total. The Morgan fingerprint density at radius 1 is 0.593 bits per heavy atom. The van der Waals surface area contributed by atoms with E-state index in [1.54, 1.807) is 61.0 Å². The molecule has 8 N–H and O–H groups in total. The molecule has 86 heavy (non-hydrogen) atoms. The zero-order chi connectivity index (χ0) is 62.3. The number of ketones is 4. The highest BCUT2D eigenvalue weighted by molar-refractivity contribution is 5.99. The number of allylic oxidation sites excluding steroid dienone is 2. The number of epoxide rings is 2. The topological polar surface area (TPSA) is 303 Å². The number of hydrogen-bond donors (Lipinski definition) is 7. The van der Waals surface area contributed by atoms with Crippen molar-refractivity contribution in [2.45, 2.75) is 225 Å². The number of amides is 3. The van der Waals surface area contributed by atoms with E-state index < -0.39 is 70.1 Å². The van der Waals surface area contributed by atoms with Gasteiger partial charge in [-0.1, -0.05) is 61.9 Å². The second-order valence-electron chi connectivity index (χ2n) is 25.5. The van der Waals surface area contributed by atoms with Gasteiger partial charge in [0.2, 0.25) is 17.7 Å². The first-order valence-electron chi connectivity index (χ1n) is 30.5. The molecule has 4 fully saturated rings. The van der Waals surface area contributed by atoms with Crippen LogP contribution in [-0.2, 0) is 60.7 Å². The lowest BCUT2D eigenvalue weighted by molar-refractivity contribution is -0.151. The fourth-order valence-corrected chi connectivity index (χ4v) is 11.4. The van der Waals surface area contributed by atoms with Crippen LogP contribution in [0.25, 0.3) is 0 Å². The summed E-state index contributed by atoms with van der Waals surface area (Å²) in [6, 6.07) is 11.9. The monoisotopic (exact) mass is 1200 g/mol. The van der Waals surface area contributed by atoms with Crippen molar-refractivity contribution >= 4 is 46.8 Å². The molecule has 2 saturated heterocycles. The van der Waals surface area contributed by atoms with E-state index in [1.165, 1.54) is 5.57 Å². The molecular weight excluding hydrogens is 1100 g/mol. The Balaban J connectivity index is 0.000000270. The summed E-state index contributed by atoms with van der Waals surface area (Å²) in [6.45, 7) is 11.1. The van der Waals surface area contributed by atoms with E-state index in [9.17, 15) is 43.5 Å². The summed E-state index contributed by atoms with van der Waals surface area (Å²) >= 11 is 0. The minimum Gasteiger partial charge on any atom is -0.497 e. The molecule has 0 bridgehead atoms. The number of carboxylic acid groups (broad SMARTS) is 1. The zero-order valence-corrected chi connectivity index (χ0v) is 51.3. The van der Waals surface area contributed by atoms with Gasteiger partial charge in [-0.15, -0.1) is 0 Å². The highest BCUT2D eigenvalue weighted by atomic mass is 16.6. The molecule has 3 amide bonds. The third-order valence-electron chi connectivity index (χ3n) is 18.1. The molecule has 476 valence electrons. The van der Waals surface area contributed by atoms with Crippen LogP contribution in [0.3, 0.4) is 0 Å². The van der Waals surface area contributed by atoms with Crippen LogP contribution in [0.5, 0.6) is 11.5 Å². The summed E-state index contributed by atoms with van der Waals surface area (Å²) in [5, 5.41) is 36.6. The van der Waals surface area contributed by atoms with Crippen molar-refractivity contribution in [1.29, 1.82) is 0 Å². The van der Waals surface area contributed by atoms with Gasteiger partial charge in [-0.2, -0.15) is 0 Å². The molecule has 0 spiro atoms. The summed E-state index contributed by atoms with van der Waals surface area (Å²) < 4.78 is 21.2. The molecular formula is C67H98N4O15. The van der Waals surface area contributed by atoms with Gasteiger partial charge >= 0.3 is 5.97 Å². The number of rotatable bonds is 27. The van der Waals surface area contributed by atoms with E-state index in [4.69, 9.17) is 34.9 Å². The summed E-state index contributed by atoms with van der Waals surface area (Å²) in [5.41, 5.74) is 6.92. The van der Waals surface area contributed by atoms with Crippen molar-refractivity contribution in [2.24, 2.45) is 28.4 Å². The lowest BCUT2D eigenvalue weighted by Crippen LogP contribution is -2.50. The van der Waals surface area contributed by atoms with E-state index in [1.807, 2.05) is 43.3 Å². The fourth-order valence-electron chi connectivity index (χ4n) is 11.4. The molecule has 2 saturated carbocycles. The highest BCUT2D eigenvalue weighted by Crippen LogP contribution is 2.38. The molecule has 8 rings (SSSR count). The normalized spacial score (nSPS) is 26.6. The van der Waals surface area contributed by atoms with Crippen molar-refractivity contribution in [3.05, 3.63) is 83.0 Å². The number of nitrogens with one attached hydrogen (secondary N) is 3. The van der Waals surface area contributed by atoms with Crippen molar-refractivity contribution in [3.63, 3.8) is 0 Å². The summed E-state index contributed by atoms with van der Waals surface area (Å²) in [5.74, 6) is -2.28. The molecule has 0 radical (unpaired) electrons. The number of aliphatic hydroxyl groups excluding tert-OH is 2. The molecule has 2 aromatic carbocycles. The number of carbonyl (C=O) groups is 8. The lowest BCUT2D eigenvalue weighted by atomic mass is 9.74. The zero-order valence-electron chi connectivity index (χ0n) is 51.3. The van der Waals surface area contributed by atoms with Gasteiger partial charge in [0.15, 0.2) is 17.3 Å². The lowest BCUT2D eigenvalue weighted by Gasteiger charge is -2.35. The molecule has 2 aromatic rings. The van der Waals surface area contributed by atoms with Gasteiger partial charge < -0.3 is 56.0 Å². The number of aliphatic carboxylic acids is 1. The quantitative estimate of drug-likeness (QED) is 0.0332. The summed E-state index contributed by atoms with van der Waals surface area (Å²) in [7, 11) is 3.17. The Labute approximate surface area is 508 Å². The van der Waals surface area contributed by atoms with Crippen molar-refractivity contribution in [1.82, 2.24) is 16.0 Å². The Morgan fingerprint density at radius 2 is 0.965 bits per heavy atom. The van der Waals surface area contributed by atoms with E-state index in [2.05, 4.69) is 28.1 Å². The van der Waals surface area contributed by atoms with Crippen molar-refractivity contribution < 1.29 is 72.6 Å². The fraction of sp³-hybridized carbons (Fsp3) is 0.642. The van der Waals surface area contributed by atoms with Crippen LogP contribution >= 0.6 is 0 Å². The smallest absolute Gasteiger partial charge is 0.309 e. The van der Waals surface area contributed by atoms with Gasteiger partial charge in [-0.25, -0.2) is 0 Å². The van der Waals surface area contributed by atoms with Crippen molar-refractivity contribution in [3.8, 4) is 11.5 Å². The third kappa shape index (κ3) is 20.5. The molecule has 4 aliphatic carbocycles. The summed E-state index contributed by atoms with van der Waals surface area (Å²) in [6.07, 6.45) is 15.7. The largest absolute Gasteiger partial charge is 0.497 e. The van der Waals surface area contributed by atoms with Gasteiger partial charge in [0.25, 0.3) is 0 Å². The van der Waals surface area contributed by atoms with Crippen LogP contribution in [0.4, 0.5) is 0 Å². The average molecular weight is 1200 g/mol. The molecule has 2 heterocycles. The maximum absolute atomic E-state index is 13.8. The number of nitrogens with two attached hydrogens (primary N) is 1. The van der Waals surface area contributed by atoms with E-state index in [-0.39, 0.29) is 73.6 Å². The number of hydrogen-bond acceptors (Lipinski definition) is 15. The van der Waals surface area contributed by atoms with E-state index in [0.717, 1.165) is 61.0 Å². The molecule has 8 atom stereocenters. The second-order valence-corrected chi connectivity index (χ2v) is 25.5. The first-order chi connectivity index (χ1) is 40.2. The molecule has 2 aliphatic heterocycles. The number of ether oxygens (including phenoxy) is 4. The average Bonchev–Trinajstić information content (AvgIpc) is 1.92. The predicted molar refractivity (Wildman–Crippen MR) is 326 cm³/mol. The molecule has 0 aromatic heterocycles. The Kier molecular flexibility index (Phi) is 26.0. The standard InChI is InChI=1S/C33H46N2O7.C25H34N2O5.C8H14O3.CH4/c1-21(34-31(40)32(2)15-13-25(36)14-16-32)28(37)19-24(17-23-9-11-26(41-4)12-10-23)30(39)35-27(18-22-7-5-6-8-22)29(38)33(3)20-42-33;1-16(26)22(28)14-19(12-18-8-10-20(31-3)11-9-18)24(30)27-21(13-17-6-4-5-7-17)23(29)25(2)15-32-25;1-8(7(10)11)4-2-6(9)3-5-8;/h7,9-12,21,24-25,27,36H,5-6,8,13-20H2,1-4H3,(H,34,40)(H,35,39);6,8-11,16,19,21H,4-5,7,12-15,26H2,1-3H3,(H,27,30);6,9H,2-5H2,1H3,(H,10,11);1H4/t21-,24-,25?,27+,32?,33-;16-,19-,21+,25-;;/m11../s1. The second kappa shape index (κ2) is 31.7. The number of carboxylic acids is 1. The molecule has 19 heteroatoms. The number of Topliss-reactive ketones (excluding diaryl/α,β-unsaturated/α-hetero) is 4. The van der Waals surface area contributed by atoms with Gasteiger partial charge in [-0.3, -0.25) is 38.4 Å². The number of carbonyl (C=O) groups excluding carboxylic acids is 7. The van der Waals surface area contributed by atoms with Gasteiger partial charge in [0.05, 0.1) is 69.2 Å². The van der Waals surface area contributed by atoms with Crippen LogP contribution < -0.4 is 31.2 Å². The minimum atomic E-state index is -0.886. The van der Waals surface area contributed by atoms with Crippen LogP contribution in [0.1, 0.15) is 176 Å².